The molecule has 1 aromatic rings. The van der Waals surface area contributed by atoms with Gasteiger partial charge in [-0.3, -0.25) is 10.1 Å². The van der Waals surface area contributed by atoms with Gasteiger partial charge in [-0.1, -0.05) is 11.6 Å². The maximum atomic E-state index is 11.9. The van der Waals surface area contributed by atoms with E-state index < -0.39 is 16.6 Å². The predicted molar refractivity (Wildman–Crippen MR) is 92.8 cm³/mol. The van der Waals surface area contributed by atoms with Gasteiger partial charge in [0.15, 0.2) is 0 Å². The van der Waals surface area contributed by atoms with Crippen LogP contribution in [0.25, 0.3) is 0 Å². The summed E-state index contributed by atoms with van der Waals surface area (Å²) in [5.74, 6) is 0. The number of alkyl carbamates (subject to hydrolysis) is 1. The van der Waals surface area contributed by atoms with Crippen LogP contribution in [-0.2, 0) is 4.74 Å². The number of ether oxygens (including phenoxy) is 1. The summed E-state index contributed by atoms with van der Waals surface area (Å²) < 4.78 is 5.26. The number of nitro benzene ring substituents is 1. The van der Waals surface area contributed by atoms with E-state index in [0.29, 0.717) is 18.1 Å². The molecule has 132 valence electrons. The molecule has 1 amide bonds. The van der Waals surface area contributed by atoms with E-state index in [1.807, 2.05) is 25.7 Å². The lowest BCUT2D eigenvalue weighted by atomic mass is 10.1. The van der Waals surface area contributed by atoms with Crippen LogP contribution in [0.4, 0.5) is 16.2 Å². The molecule has 1 N–H and O–H groups in total. The second-order valence-electron chi connectivity index (χ2n) is 6.93. The van der Waals surface area contributed by atoms with Gasteiger partial charge in [0.1, 0.15) is 5.60 Å². The standard InChI is InChI=1S/C16H22ClN3O4/c1-10-7-12(20(22)23)8-13(17)14(10)19-6-5-11(9-19)18-15(21)24-16(2,3)4/h7-8,11H,5-6,9H2,1-4H3,(H,18,21)/t11-/m0/s1. The van der Waals surface area contributed by atoms with Crippen molar-refractivity contribution in [2.24, 2.45) is 0 Å². The van der Waals surface area contributed by atoms with E-state index in [2.05, 4.69) is 5.32 Å². The number of aryl methyl sites for hydroxylation is 1. The number of carbonyl (C=O) groups is 1. The minimum absolute atomic E-state index is 0.0242. The van der Waals surface area contributed by atoms with Gasteiger partial charge in [-0.05, 0) is 39.7 Å². The molecule has 8 heteroatoms. The lowest BCUT2D eigenvalue weighted by Gasteiger charge is -2.23. The number of halogens is 1. The minimum atomic E-state index is -0.541. The monoisotopic (exact) mass is 355 g/mol. The number of non-ortho nitro benzene ring substituents is 1. The Kier molecular flexibility index (Phi) is 5.22. The number of carbonyl (C=O) groups excluding carboxylic acids is 1. The minimum Gasteiger partial charge on any atom is -0.444 e. The summed E-state index contributed by atoms with van der Waals surface area (Å²) in [7, 11) is 0. The first-order valence-electron chi connectivity index (χ1n) is 7.76. The van der Waals surface area contributed by atoms with Crippen molar-refractivity contribution in [3.05, 3.63) is 32.8 Å². The molecule has 7 nitrogen and oxygen atoms in total. The highest BCUT2D eigenvalue weighted by atomic mass is 35.5. The quantitative estimate of drug-likeness (QED) is 0.660. The smallest absolute Gasteiger partial charge is 0.407 e. The van der Waals surface area contributed by atoms with Crippen LogP contribution in [0, 0.1) is 17.0 Å². The molecule has 0 aliphatic carbocycles. The van der Waals surface area contributed by atoms with E-state index >= 15 is 0 Å². The highest BCUT2D eigenvalue weighted by Crippen LogP contribution is 2.35. The number of nitrogens with zero attached hydrogens (tertiary/aromatic N) is 2. The van der Waals surface area contributed by atoms with E-state index in [-0.39, 0.29) is 11.7 Å². The van der Waals surface area contributed by atoms with Crippen LogP contribution in [0.15, 0.2) is 12.1 Å². The Balaban J connectivity index is 2.06. The number of nitrogens with one attached hydrogen (secondary N) is 1. The molecule has 1 aromatic carbocycles. The fraction of sp³-hybridized carbons (Fsp3) is 0.562. The lowest BCUT2D eigenvalue weighted by Crippen LogP contribution is -2.40. The zero-order chi connectivity index (χ0) is 18.1. The van der Waals surface area contributed by atoms with Gasteiger partial charge in [0, 0.05) is 25.2 Å². The first kappa shape index (κ1) is 18.3. The average Bonchev–Trinajstić information content (AvgIpc) is 2.83. The predicted octanol–water partition coefficient (Wildman–Crippen LogP) is 3.66. The molecular formula is C16H22ClN3O4. The van der Waals surface area contributed by atoms with Crippen LogP contribution in [0.1, 0.15) is 32.8 Å². The number of rotatable bonds is 3. The van der Waals surface area contributed by atoms with Crippen molar-refractivity contribution in [1.29, 1.82) is 0 Å². The summed E-state index contributed by atoms with van der Waals surface area (Å²) in [4.78, 5) is 24.3. The second-order valence-corrected chi connectivity index (χ2v) is 7.34. The number of hydrogen-bond donors (Lipinski definition) is 1. The third-order valence-corrected chi connectivity index (χ3v) is 3.96. The molecule has 24 heavy (non-hydrogen) atoms. The Bertz CT molecular complexity index is 634. The lowest BCUT2D eigenvalue weighted by molar-refractivity contribution is -0.384. The maximum absolute atomic E-state index is 11.9. The Hall–Kier alpha value is -2.02. The summed E-state index contributed by atoms with van der Waals surface area (Å²) in [5.41, 5.74) is 0.951. The van der Waals surface area contributed by atoms with Gasteiger partial charge in [-0.25, -0.2) is 4.79 Å². The average molecular weight is 356 g/mol. The molecule has 1 heterocycles. The van der Waals surface area contributed by atoms with Gasteiger partial charge in [0.25, 0.3) is 5.69 Å². The number of anilines is 1. The molecule has 0 bridgehead atoms. The van der Waals surface area contributed by atoms with Gasteiger partial charge in [0.05, 0.1) is 21.7 Å². The van der Waals surface area contributed by atoms with Gasteiger partial charge >= 0.3 is 6.09 Å². The van der Waals surface area contributed by atoms with Crippen molar-refractivity contribution in [3.8, 4) is 0 Å². The highest BCUT2D eigenvalue weighted by Gasteiger charge is 2.28. The first-order chi connectivity index (χ1) is 11.1. The third-order valence-electron chi connectivity index (χ3n) is 3.67. The van der Waals surface area contributed by atoms with Crippen LogP contribution in [0.3, 0.4) is 0 Å². The zero-order valence-electron chi connectivity index (χ0n) is 14.3. The molecule has 0 saturated carbocycles. The Morgan fingerprint density at radius 2 is 2.12 bits per heavy atom. The number of nitro groups is 1. The van der Waals surface area contributed by atoms with Crippen molar-refractivity contribution in [1.82, 2.24) is 5.32 Å². The Morgan fingerprint density at radius 3 is 2.67 bits per heavy atom. The van der Waals surface area contributed by atoms with Crippen molar-refractivity contribution in [3.63, 3.8) is 0 Å². The fourth-order valence-corrected chi connectivity index (χ4v) is 3.16. The normalized spacial score (nSPS) is 17.7. The molecule has 1 aliphatic rings. The van der Waals surface area contributed by atoms with Gasteiger partial charge in [0.2, 0.25) is 0 Å². The molecule has 1 saturated heterocycles. The van der Waals surface area contributed by atoms with Gasteiger partial charge < -0.3 is 15.0 Å². The third kappa shape index (κ3) is 4.50. The van der Waals surface area contributed by atoms with Crippen LogP contribution in [0.2, 0.25) is 5.02 Å². The molecule has 2 rings (SSSR count). The van der Waals surface area contributed by atoms with Crippen molar-refractivity contribution >= 4 is 29.1 Å². The van der Waals surface area contributed by atoms with Crippen molar-refractivity contribution in [2.75, 3.05) is 18.0 Å². The molecule has 0 radical (unpaired) electrons. The van der Waals surface area contributed by atoms with Crippen molar-refractivity contribution in [2.45, 2.75) is 45.8 Å². The van der Waals surface area contributed by atoms with Crippen LogP contribution < -0.4 is 10.2 Å². The van der Waals surface area contributed by atoms with E-state index in [4.69, 9.17) is 16.3 Å². The SMILES string of the molecule is Cc1cc([N+](=O)[O-])cc(Cl)c1N1CC[C@H](NC(=O)OC(C)(C)C)C1. The van der Waals surface area contributed by atoms with Crippen LogP contribution in [0.5, 0.6) is 0 Å². The topological polar surface area (TPSA) is 84.7 Å². The van der Waals surface area contributed by atoms with E-state index in [1.54, 1.807) is 6.92 Å². The van der Waals surface area contributed by atoms with E-state index in [9.17, 15) is 14.9 Å². The van der Waals surface area contributed by atoms with E-state index in [0.717, 1.165) is 17.7 Å². The van der Waals surface area contributed by atoms with Gasteiger partial charge in [-0.2, -0.15) is 0 Å². The molecular weight excluding hydrogens is 334 g/mol. The molecule has 0 unspecified atom stereocenters. The summed E-state index contributed by atoms with van der Waals surface area (Å²) >= 11 is 6.24. The molecule has 0 spiro atoms. The second kappa shape index (κ2) is 6.84. The Morgan fingerprint density at radius 1 is 1.46 bits per heavy atom. The fourth-order valence-electron chi connectivity index (χ4n) is 2.78. The largest absolute Gasteiger partial charge is 0.444 e. The zero-order valence-corrected chi connectivity index (χ0v) is 15.0. The molecule has 1 fully saturated rings. The summed E-state index contributed by atoms with van der Waals surface area (Å²) in [6.07, 6.45) is 0.312. The summed E-state index contributed by atoms with van der Waals surface area (Å²) in [6, 6.07) is 2.82. The highest BCUT2D eigenvalue weighted by molar-refractivity contribution is 6.33. The number of benzene rings is 1. The Labute approximate surface area is 146 Å². The number of hydrogen-bond acceptors (Lipinski definition) is 5. The van der Waals surface area contributed by atoms with Gasteiger partial charge in [-0.15, -0.1) is 0 Å². The van der Waals surface area contributed by atoms with E-state index in [1.165, 1.54) is 12.1 Å². The number of amides is 1. The summed E-state index contributed by atoms with van der Waals surface area (Å²) in [6.45, 7) is 8.52. The summed E-state index contributed by atoms with van der Waals surface area (Å²) in [5, 5.41) is 14.1. The molecule has 1 aliphatic heterocycles. The van der Waals surface area contributed by atoms with Crippen molar-refractivity contribution < 1.29 is 14.5 Å². The maximum Gasteiger partial charge on any atom is 0.407 e. The van der Waals surface area contributed by atoms with Crippen LogP contribution in [-0.4, -0.2) is 35.7 Å². The molecule has 0 aromatic heterocycles. The molecule has 1 atom stereocenters. The van der Waals surface area contributed by atoms with Crippen LogP contribution >= 0.6 is 11.6 Å². The first-order valence-corrected chi connectivity index (χ1v) is 8.13.